The van der Waals surface area contributed by atoms with Crippen LogP contribution in [0.15, 0.2) is 48.5 Å². The molecule has 2 N–H and O–H groups in total. The fraction of sp³-hybridized carbons (Fsp3) is 0.320. The third-order valence-corrected chi connectivity index (χ3v) is 4.45. The Morgan fingerprint density at radius 1 is 0.865 bits per heavy atom. The molecule has 0 fully saturated rings. The standard InChI is InChI=1S/C25H29N3O9/c1-4-6-22(30)35-16-36-25(32)27-24(26)18-7-11-21(12-8-18)37-28(17(3)29)19-9-13-20(14-10-19)34-15-23(31)33-5-2/h7-14H,4-6,15-16H2,1-3H3,(H2,26,27,32). The Labute approximate surface area is 213 Å². The summed E-state index contributed by atoms with van der Waals surface area (Å²) in [4.78, 5) is 52.3. The van der Waals surface area contributed by atoms with Crippen LogP contribution in [0.25, 0.3) is 0 Å². The van der Waals surface area contributed by atoms with Gasteiger partial charge in [-0.25, -0.2) is 9.59 Å². The van der Waals surface area contributed by atoms with E-state index in [2.05, 4.69) is 5.32 Å². The molecule has 12 heteroatoms. The van der Waals surface area contributed by atoms with Crippen molar-refractivity contribution in [1.82, 2.24) is 5.32 Å². The van der Waals surface area contributed by atoms with Crippen molar-refractivity contribution in [1.29, 1.82) is 5.41 Å². The van der Waals surface area contributed by atoms with Crippen molar-refractivity contribution in [2.24, 2.45) is 0 Å². The third-order valence-electron chi connectivity index (χ3n) is 4.45. The van der Waals surface area contributed by atoms with E-state index in [0.29, 0.717) is 29.2 Å². The molecular formula is C25H29N3O9. The highest BCUT2D eigenvalue weighted by atomic mass is 16.7. The van der Waals surface area contributed by atoms with Crippen molar-refractivity contribution in [3.8, 4) is 11.5 Å². The number of carbonyl (C=O) groups excluding carboxylic acids is 4. The van der Waals surface area contributed by atoms with Crippen LogP contribution in [0, 0.1) is 5.41 Å². The summed E-state index contributed by atoms with van der Waals surface area (Å²) < 4.78 is 19.6. The molecule has 0 unspecified atom stereocenters. The van der Waals surface area contributed by atoms with Crippen LogP contribution in [-0.2, 0) is 28.6 Å². The lowest BCUT2D eigenvalue weighted by molar-refractivity contribution is -0.151. The Bertz CT molecular complexity index is 1090. The van der Waals surface area contributed by atoms with Crippen LogP contribution in [0.3, 0.4) is 0 Å². The number of anilines is 1. The molecule has 0 heterocycles. The molecule has 2 amide bonds. The van der Waals surface area contributed by atoms with Gasteiger partial charge in [-0.05, 0) is 61.9 Å². The van der Waals surface area contributed by atoms with Crippen LogP contribution in [0.5, 0.6) is 11.5 Å². The predicted octanol–water partition coefficient (Wildman–Crippen LogP) is 3.33. The van der Waals surface area contributed by atoms with Gasteiger partial charge in [0.2, 0.25) is 6.79 Å². The average molecular weight is 516 g/mol. The molecule has 37 heavy (non-hydrogen) atoms. The molecule has 0 aliphatic rings. The van der Waals surface area contributed by atoms with E-state index < -0.39 is 30.7 Å². The maximum atomic E-state index is 12.2. The van der Waals surface area contributed by atoms with Gasteiger partial charge in [0.05, 0.1) is 12.3 Å². The molecule has 198 valence electrons. The van der Waals surface area contributed by atoms with E-state index in [1.165, 1.54) is 31.2 Å². The van der Waals surface area contributed by atoms with Gasteiger partial charge in [0.1, 0.15) is 11.6 Å². The highest BCUT2D eigenvalue weighted by Crippen LogP contribution is 2.22. The summed E-state index contributed by atoms with van der Waals surface area (Å²) in [5, 5.41) is 11.3. The second-order valence-corrected chi connectivity index (χ2v) is 7.33. The maximum absolute atomic E-state index is 12.2. The summed E-state index contributed by atoms with van der Waals surface area (Å²) in [6.45, 7) is 4.31. The second-order valence-electron chi connectivity index (χ2n) is 7.33. The van der Waals surface area contributed by atoms with Crippen LogP contribution in [-0.4, -0.2) is 49.8 Å². The topological polar surface area (TPSA) is 154 Å². The van der Waals surface area contributed by atoms with Crippen LogP contribution in [0.1, 0.15) is 39.2 Å². The molecule has 0 aliphatic heterocycles. The zero-order valence-corrected chi connectivity index (χ0v) is 20.8. The Morgan fingerprint density at radius 2 is 1.51 bits per heavy atom. The molecule has 2 aromatic rings. The van der Waals surface area contributed by atoms with Gasteiger partial charge in [0, 0.05) is 18.9 Å². The molecule has 2 aromatic carbocycles. The molecule has 0 radical (unpaired) electrons. The molecule has 2 rings (SSSR count). The zero-order chi connectivity index (χ0) is 27.2. The summed E-state index contributed by atoms with van der Waals surface area (Å²) in [5.74, 6) is -0.928. The Balaban J connectivity index is 1.92. The minimum absolute atomic E-state index is 0.215. The van der Waals surface area contributed by atoms with Gasteiger partial charge in [0.15, 0.2) is 12.4 Å². The first-order valence-corrected chi connectivity index (χ1v) is 11.4. The normalized spacial score (nSPS) is 10.0. The number of rotatable bonds is 12. The van der Waals surface area contributed by atoms with E-state index in [9.17, 15) is 19.2 Å². The van der Waals surface area contributed by atoms with Gasteiger partial charge >= 0.3 is 18.0 Å². The third kappa shape index (κ3) is 9.88. The number of hydroxylamine groups is 1. The summed E-state index contributed by atoms with van der Waals surface area (Å²) >= 11 is 0. The van der Waals surface area contributed by atoms with Crippen LogP contribution >= 0.6 is 0 Å². The fourth-order valence-electron chi connectivity index (χ4n) is 2.74. The number of hydrogen-bond acceptors (Lipinski definition) is 10. The number of nitrogens with zero attached hydrogens (tertiary/aromatic N) is 1. The molecular weight excluding hydrogens is 486 g/mol. The van der Waals surface area contributed by atoms with Crippen molar-refractivity contribution in [3.63, 3.8) is 0 Å². The Hall–Kier alpha value is -4.61. The first kappa shape index (κ1) is 28.6. The number of ether oxygens (including phenoxy) is 4. The predicted molar refractivity (Wildman–Crippen MR) is 131 cm³/mol. The number of esters is 2. The largest absolute Gasteiger partial charge is 0.482 e. The van der Waals surface area contributed by atoms with Gasteiger partial charge in [-0.1, -0.05) is 6.92 Å². The maximum Gasteiger partial charge on any atom is 0.415 e. The first-order chi connectivity index (χ1) is 17.7. The Kier molecular flexibility index (Phi) is 11.4. The van der Waals surface area contributed by atoms with Crippen LogP contribution in [0.2, 0.25) is 0 Å². The van der Waals surface area contributed by atoms with Crippen molar-refractivity contribution in [3.05, 3.63) is 54.1 Å². The molecule has 12 nitrogen and oxygen atoms in total. The number of amides is 2. The number of nitrogens with one attached hydrogen (secondary N) is 2. The second kappa shape index (κ2) is 14.7. The molecule has 0 spiro atoms. The smallest absolute Gasteiger partial charge is 0.415 e. The number of hydrogen-bond donors (Lipinski definition) is 2. The fourth-order valence-corrected chi connectivity index (χ4v) is 2.74. The quantitative estimate of drug-likeness (QED) is 0.142. The first-order valence-electron chi connectivity index (χ1n) is 11.4. The lowest BCUT2D eigenvalue weighted by Crippen LogP contribution is -2.32. The van der Waals surface area contributed by atoms with E-state index in [-0.39, 0.29) is 25.5 Å². The highest BCUT2D eigenvalue weighted by Gasteiger charge is 2.16. The molecule has 0 aliphatic carbocycles. The minimum atomic E-state index is -0.952. The van der Waals surface area contributed by atoms with Gasteiger partial charge in [0.25, 0.3) is 5.91 Å². The number of carbonyl (C=O) groups is 4. The monoisotopic (exact) mass is 515 g/mol. The van der Waals surface area contributed by atoms with Crippen LogP contribution < -0.4 is 20.0 Å². The summed E-state index contributed by atoms with van der Waals surface area (Å²) in [5.41, 5.74) is 0.751. The van der Waals surface area contributed by atoms with E-state index in [0.717, 1.165) is 5.06 Å². The van der Waals surface area contributed by atoms with Gasteiger partial charge < -0.3 is 23.8 Å². The van der Waals surface area contributed by atoms with Crippen molar-refractivity contribution in [2.45, 2.75) is 33.6 Å². The SMILES string of the molecule is CCCC(=O)OCOC(=O)NC(=N)c1ccc(ON(C(C)=O)c2ccc(OCC(=O)OCC)cc2)cc1. The van der Waals surface area contributed by atoms with Crippen molar-refractivity contribution >= 4 is 35.5 Å². The lowest BCUT2D eigenvalue weighted by Gasteiger charge is -2.21. The average Bonchev–Trinajstić information content (AvgIpc) is 2.87. The zero-order valence-electron chi connectivity index (χ0n) is 20.8. The summed E-state index contributed by atoms with van der Waals surface area (Å²) in [6, 6.07) is 12.4. The van der Waals surface area contributed by atoms with Crippen LogP contribution in [0.4, 0.5) is 10.5 Å². The summed E-state index contributed by atoms with van der Waals surface area (Å²) in [7, 11) is 0. The summed E-state index contributed by atoms with van der Waals surface area (Å²) in [6.07, 6.45) is -0.126. The highest BCUT2D eigenvalue weighted by molar-refractivity contribution is 6.04. The molecule has 0 aromatic heterocycles. The molecule has 0 atom stereocenters. The van der Waals surface area contributed by atoms with Crippen molar-refractivity contribution in [2.75, 3.05) is 25.1 Å². The van der Waals surface area contributed by atoms with Gasteiger partial charge in [-0.2, -0.15) is 0 Å². The van der Waals surface area contributed by atoms with E-state index in [1.54, 1.807) is 31.2 Å². The van der Waals surface area contributed by atoms with Gasteiger partial charge in [-0.15, -0.1) is 5.06 Å². The minimum Gasteiger partial charge on any atom is -0.482 e. The molecule has 0 saturated carbocycles. The van der Waals surface area contributed by atoms with Gasteiger partial charge in [-0.3, -0.25) is 20.3 Å². The molecule has 0 bridgehead atoms. The number of alkyl carbamates (subject to hydrolysis) is 1. The van der Waals surface area contributed by atoms with E-state index >= 15 is 0 Å². The van der Waals surface area contributed by atoms with Crippen molar-refractivity contribution < 1.29 is 43.0 Å². The Morgan fingerprint density at radius 3 is 2.11 bits per heavy atom. The lowest BCUT2D eigenvalue weighted by atomic mass is 10.2. The van der Waals surface area contributed by atoms with E-state index in [1.807, 2.05) is 6.92 Å². The number of amidine groups is 1. The molecule has 0 saturated heterocycles. The van der Waals surface area contributed by atoms with E-state index in [4.69, 9.17) is 29.2 Å². The number of benzene rings is 2.